The van der Waals surface area contributed by atoms with Crippen LogP contribution in [0.2, 0.25) is 0 Å². The Hall–Kier alpha value is -3.25. The van der Waals surface area contributed by atoms with Crippen molar-refractivity contribution in [3.8, 4) is 11.1 Å². The summed E-state index contributed by atoms with van der Waals surface area (Å²) in [6, 6.07) is 16.7. The van der Waals surface area contributed by atoms with E-state index in [-0.39, 0.29) is 18.8 Å². The van der Waals surface area contributed by atoms with Crippen molar-refractivity contribution in [2.75, 3.05) is 16.4 Å². The van der Waals surface area contributed by atoms with E-state index in [9.17, 15) is 26.7 Å². The van der Waals surface area contributed by atoms with E-state index in [4.69, 9.17) is 4.74 Å². The van der Waals surface area contributed by atoms with Gasteiger partial charge in [-0.05, 0) is 74.9 Å². The van der Waals surface area contributed by atoms with Crippen LogP contribution >= 0.6 is 0 Å². The van der Waals surface area contributed by atoms with Gasteiger partial charge >= 0.3 is 5.97 Å². The van der Waals surface area contributed by atoms with Gasteiger partial charge in [-0.2, -0.15) is 4.31 Å². The average molecular weight is 615 g/mol. The Labute approximate surface area is 248 Å². The fourth-order valence-corrected chi connectivity index (χ4v) is 8.39. The van der Waals surface area contributed by atoms with Crippen molar-refractivity contribution in [3.05, 3.63) is 88.0 Å². The van der Waals surface area contributed by atoms with Crippen molar-refractivity contribution < 1.29 is 31.5 Å². The van der Waals surface area contributed by atoms with Crippen LogP contribution in [-0.2, 0) is 42.7 Å². The normalized spacial score (nSPS) is 16.5. The summed E-state index contributed by atoms with van der Waals surface area (Å²) in [5, 5.41) is 10.4. The summed E-state index contributed by atoms with van der Waals surface area (Å²) in [5.74, 6) is -2.05. The number of carbonyl (C=O) groups is 1. The minimum absolute atomic E-state index is 0.0468. The van der Waals surface area contributed by atoms with E-state index in [0.29, 0.717) is 27.8 Å². The Morgan fingerprint density at radius 3 is 2.12 bits per heavy atom. The number of benzene rings is 3. The summed E-state index contributed by atoms with van der Waals surface area (Å²) in [4.78, 5) is 12.8. The molecule has 4 rings (SSSR count). The van der Waals surface area contributed by atoms with Crippen LogP contribution in [0.1, 0.15) is 60.3 Å². The Bertz CT molecular complexity index is 1710. The lowest BCUT2D eigenvalue weighted by atomic mass is 9.84. The minimum atomic E-state index is -4.12. The number of aryl methyl sites for hydroxylation is 1. The van der Waals surface area contributed by atoms with E-state index in [1.165, 1.54) is 4.31 Å². The van der Waals surface area contributed by atoms with Crippen molar-refractivity contribution in [2.24, 2.45) is 0 Å². The number of anilines is 1. The molecule has 1 N–H and O–H groups in total. The molecule has 226 valence electrons. The molecule has 1 aliphatic heterocycles. The van der Waals surface area contributed by atoms with Crippen LogP contribution in [0.25, 0.3) is 11.1 Å². The molecule has 11 heteroatoms. The molecule has 1 atom stereocenters. The lowest BCUT2D eigenvalue weighted by Gasteiger charge is -2.32. The molecular formula is C31H38N2O7S2. The van der Waals surface area contributed by atoms with Gasteiger partial charge in [0.05, 0.1) is 17.5 Å². The highest BCUT2D eigenvalue weighted by molar-refractivity contribution is 7.94. The number of aliphatic carboxylic acids is 1. The van der Waals surface area contributed by atoms with Crippen molar-refractivity contribution in [2.45, 2.75) is 66.3 Å². The number of nitrogens with zero attached hydrogens (tertiary/aromatic N) is 2. The maximum Gasteiger partial charge on any atom is 0.337 e. The maximum atomic E-state index is 13.8. The summed E-state index contributed by atoms with van der Waals surface area (Å²) >= 11 is 0. The minimum Gasteiger partial charge on any atom is -0.479 e. The molecule has 3 aromatic rings. The molecule has 1 heterocycles. The van der Waals surface area contributed by atoms with E-state index in [1.54, 1.807) is 34.6 Å². The third-order valence-electron chi connectivity index (χ3n) is 7.30. The van der Waals surface area contributed by atoms with E-state index in [2.05, 4.69) is 0 Å². The second-order valence-corrected chi connectivity index (χ2v) is 15.6. The zero-order valence-corrected chi connectivity index (χ0v) is 26.6. The van der Waals surface area contributed by atoms with Gasteiger partial charge in [-0.15, -0.1) is 0 Å². The first-order valence-electron chi connectivity index (χ1n) is 13.5. The van der Waals surface area contributed by atoms with E-state index in [0.717, 1.165) is 27.3 Å². The van der Waals surface area contributed by atoms with Crippen molar-refractivity contribution >= 4 is 31.7 Å². The van der Waals surface area contributed by atoms with E-state index < -0.39 is 43.6 Å². The second-order valence-electron chi connectivity index (χ2n) is 11.8. The first kappa shape index (κ1) is 31.7. The van der Waals surface area contributed by atoms with Gasteiger partial charge in [-0.25, -0.2) is 21.6 Å². The van der Waals surface area contributed by atoms with Crippen LogP contribution < -0.4 is 4.31 Å². The van der Waals surface area contributed by atoms with Crippen LogP contribution in [-0.4, -0.2) is 50.0 Å². The van der Waals surface area contributed by atoms with Gasteiger partial charge in [-0.1, -0.05) is 60.2 Å². The number of carboxylic acids is 1. The van der Waals surface area contributed by atoms with Crippen LogP contribution in [0.4, 0.5) is 5.69 Å². The Balaban J connectivity index is 2.12. The summed E-state index contributed by atoms with van der Waals surface area (Å²) in [5.41, 5.74) is 4.08. The number of ether oxygens (including phenoxy) is 1. The first-order chi connectivity index (χ1) is 19.4. The zero-order valence-electron chi connectivity index (χ0n) is 25.0. The van der Waals surface area contributed by atoms with Crippen molar-refractivity contribution in [1.82, 2.24) is 4.31 Å². The molecule has 42 heavy (non-hydrogen) atoms. The third kappa shape index (κ3) is 6.54. The molecule has 0 saturated heterocycles. The van der Waals surface area contributed by atoms with E-state index >= 15 is 0 Å². The molecule has 0 fully saturated rings. The fraction of sp³-hybridized carbons (Fsp3) is 0.387. The molecule has 0 aromatic heterocycles. The second kappa shape index (κ2) is 11.4. The SMILES string of the molecule is Cc1ccc(-c2c(C)c3c(c(C)c2[C@H](OC(C)(C)C)C(=O)O)N(S(C)(=O)=O)CS(=O)(=O)N(Cc2ccccc2)C3)cc1. The molecule has 0 unspecified atom stereocenters. The topological polar surface area (TPSA) is 121 Å². The van der Waals surface area contributed by atoms with E-state index in [1.807, 2.05) is 61.5 Å². The predicted molar refractivity (Wildman–Crippen MR) is 164 cm³/mol. The molecular weight excluding hydrogens is 576 g/mol. The highest BCUT2D eigenvalue weighted by Gasteiger charge is 2.41. The van der Waals surface area contributed by atoms with Crippen LogP contribution in [0.3, 0.4) is 0 Å². The summed E-state index contributed by atoms with van der Waals surface area (Å²) in [6.45, 7) is 10.6. The highest BCUT2D eigenvalue weighted by atomic mass is 32.2. The summed E-state index contributed by atoms with van der Waals surface area (Å²) in [7, 11) is -8.23. The molecule has 0 spiro atoms. The standard InChI is InChI=1S/C31H38N2O7S2/c1-20-13-15-24(16-14-20)26-21(2)25-18-32(17-23-11-9-8-10-12-23)42(38,39)19-33(41(7,36)37)28(25)22(3)27(26)29(30(34)35)40-31(4,5)6/h8-16,29H,17-19H2,1-7H3,(H,34,35)/t29-/m0/s1. The van der Waals surface area contributed by atoms with Gasteiger partial charge in [0.2, 0.25) is 20.0 Å². The predicted octanol–water partition coefficient (Wildman–Crippen LogP) is 5.29. The molecule has 0 aliphatic carbocycles. The third-order valence-corrected chi connectivity index (χ3v) is 10.2. The molecule has 0 saturated carbocycles. The maximum absolute atomic E-state index is 13.8. The lowest BCUT2D eigenvalue weighted by Crippen LogP contribution is -2.39. The molecule has 3 aromatic carbocycles. The molecule has 0 bridgehead atoms. The average Bonchev–Trinajstić information content (AvgIpc) is 2.99. The van der Waals surface area contributed by atoms with Gasteiger partial charge < -0.3 is 9.84 Å². The summed E-state index contributed by atoms with van der Waals surface area (Å²) < 4.78 is 62.3. The smallest absolute Gasteiger partial charge is 0.337 e. The largest absolute Gasteiger partial charge is 0.479 e. The van der Waals surface area contributed by atoms with Crippen molar-refractivity contribution in [3.63, 3.8) is 0 Å². The van der Waals surface area contributed by atoms with Gasteiger partial charge in [0.15, 0.2) is 6.10 Å². The Morgan fingerprint density at radius 2 is 1.60 bits per heavy atom. The Kier molecular flexibility index (Phi) is 8.63. The number of fused-ring (bicyclic) bond motifs is 1. The van der Waals surface area contributed by atoms with Gasteiger partial charge in [0.1, 0.15) is 5.88 Å². The molecule has 1 aliphatic rings. The molecule has 9 nitrogen and oxygen atoms in total. The van der Waals surface area contributed by atoms with Crippen molar-refractivity contribution in [1.29, 1.82) is 0 Å². The van der Waals surface area contributed by atoms with Gasteiger partial charge in [-0.3, -0.25) is 4.31 Å². The van der Waals surface area contributed by atoms with Crippen LogP contribution in [0, 0.1) is 20.8 Å². The highest BCUT2D eigenvalue weighted by Crippen LogP contribution is 2.46. The number of carboxylic acid groups (broad SMARTS) is 1. The molecule has 0 radical (unpaired) electrons. The zero-order chi connectivity index (χ0) is 31.2. The lowest BCUT2D eigenvalue weighted by molar-refractivity contribution is -0.160. The van der Waals surface area contributed by atoms with Gasteiger partial charge in [0.25, 0.3) is 0 Å². The quantitative estimate of drug-likeness (QED) is 0.384. The number of sulfonamides is 2. The number of rotatable bonds is 7. The van der Waals surface area contributed by atoms with Gasteiger partial charge in [0, 0.05) is 18.7 Å². The van der Waals surface area contributed by atoms with Crippen LogP contribution in [0.5, 0.6) is 0 Å². The molecule has 0 amide bonds. The first-order valence-corrected chi connectivity index (χ1v) is 17.0. The number of hydrogen-bond donors (Lipinski definition) is 1. The van der Waals surface area contributed by atoms with Crippen LogP contribution in [0.15, 0.2) is 54.6 Å². The Morgan fingerprint density at radius 1 is 1.00 bits per heavy atom. The fourth-order valence-electron chi connectivity index (χ4n) is 5.38. The number of hydrogen-bond acceptors (Lipinski definition) is 6. The summed E-state index contributed by atoms with van der Waals surface area (Å²) in [6.07, 6.45) is -0.492. The monoisotopic (exact) mass is 614 g/mol.